The highest BCUT2D eigenvalue weighted by Crippen LogP contribution is 2.20. The monoisotopic (exact) mass is 266 g/mol. The number of Topliss-reactive ketones (excluding diaryl/α,β-unsaturated/α-hetero) is 1. The fraction of sp³-hybridized carbons (Fsp3) is 0.0667. The zero-order chi connectivity index (χ0) is 14.5. The quantitative estimate of drug-likeness (QED) is 0.677. The SMILES string of the molecule is N#Cc1ccc(-c2cccc(C(=O)CC(=O)O)c2)cn1. The summed E-state index contributed by atoms with van der Waals surface area (Å²) in [5.74, 6) is -1.60. The number of hydrogen-bond acceptors (Lipinski definition) is 4. The summed E-state index contributed by atoms with van der Waals surface area (Å²) in [5.41, 5.74) is 2.16. The Labute approximate surface area is 115 Å². The first-order valence-electron chi connectivity index (χ1n) is 5.82. The fourth-order valence-corrected chi connectivity index (χ4v) is 1.74. The van der Waals surface area contributed by atoms with Gasteiger partial charge in [0.25, 0.3) is 0 Å². The van der Waals surface area contributed by atoms with Crippen LogP contribution in [0.25, 0.3) is 11.1 Å². The lowest BCUT2D eigenvalue weighted by Crippen LogP contribution is -2.06. The van der Waals surface area contributed by atoms with Gasteiger partial charge in [0.05, 0.1) is 0 Å². The third-order valence-corrected chi connectivity index (χ3v) is 2.71. The number of hydrogen-bond donors (Lipinski definition) is 1. The first-order valence-corrected chi connectivity index (χ1v) is 5.82. The predicted octanol–water partition coefficient (Wildman–Crippen LogP) is 2.28. The highest BCUT2D eigenvalue weighted by atomic mass is 16.4. The van der Waals surface area contributed by atoms with Gasteiger partial charge < -0.3 is 5.11 Å². The number of carbonyl (C=O) groups is 2. The number of ketones is 1. The molecule has 0 unspecified atom stereocenters. The Bertz CT molecular complexity index is 700. The fourth-order valence-electron chi connectivity index (χ4n) is 1.74. The number of rotatable bonds is 4. The van der Waals surface area contributed by atoms with E-state index in [9.17, 15) is 9.59 Å². The van der Waals surface area contributed by atoms with Crippen LogP contribution in [-0.2, 0) is 4.79 Å². The molecule has 0 amide bonds. The van der Waals surface area contributed by atoms with E-state index >= 15 is 0 Å². The molecule has 98 valence electrons. The van der Waals surface area contributed by atoms with Gasteiger partial charge in [-0.2, -0.15) is 5.26 Å². The Kier molecular flexibility index (Phi) is 3.87. The van der Waals surface area contributed by atoms with Gasteiger partial charge >= 0.3 is 5.97 Å². The maximum atomic E-state index is 11.7. The molecule has 0 bridgehead atoms. The second kappa shape index (κ2) is 5.76. The number of pyridine rings is 1. The van der Waals surface area contributed by atoms with Gasteiger partial charge in [-0.1, -0.05) is 18.2 Å². The van der Waals surface area contributed by atoms with Crippen LogP contribution in [0.3, 0.4) is 0 Å². The zero-order valence-electron chi connectivity index (χ0n) is 10.4. The number of carbonyl (C=O) groups excluding carboxylic acids is 1. The molecule has 0 aliphatic rings. The summed E-state index contributed by atoms with van der Waals surface area (Å²) in [5, 5.41) is 17.3. The molecule has 0 radical (unpaired) electrons. The van der Waals surface area contributed by atoms with Crippen LogP contribution < -0.4 is 0 Å². The molecule has 5 nitrogen and oxygen atoms in total. The van der Waals surface area contributed by atoms with Crippen molar-refractivity contribution < 1.29 is 14.7 Å². The standard InChI is InChI=1S/C15H10N2O3/c16-8-13-5-4-12(9-17-13)10-2-1-3-11(6-10)14(18)7-15(19)20/h1-6,9H,7H2,(H,19,20). The smallest absolute Gasteiger partial charge is 0.311 e. The molecule has 1 aromatic heterocycles. The molecular weight excluding hydrogens is 256 g/mol. The molecule has 2 aromatic rings. The van der Waals surface area contributed by atoms with Crippen molar-refractivity contribution in [3.63, 3.8) is 0 Å². The lowest BCUT2D eigenvalue weighted by molar-refractivity contribution is -0.135. The minimum Gasteiger partial charge on any atom is -0.481 e. The van der Waals surface area contributed by atoms with E-state index in [2.05, 4.69) is 4.98 Å². The molecule has 1 heterocycles. The van der Waals surface area contributed by atoms with E-state index < -0.39 is 18.2 Å². The van der Waals surface area contributed by atoms with Crippen molar-refractivity contribution in [2.24, 2.45) is 0 Å². The minimum atomic E-state index is -1.15. The maximum absolute atomic E-state index is 11.7. The summed E-state index contributed by atoms with van der Waals surface area (Å²) >= 11 is 0. The summed E-state index contributed by atoms with van der Waals surface area (Å²) < 4.78 is 0. The average molecular weight is 266 g/mol. The molecule has 2 rings (SSSR count). The van der Waals surface area contributed by atoms with Crippen molar-refractivity contribution >= 4 is 11.8 Å². The highest BCUT2D eigenvalue weighted by molar-refractivity contribution is 6.06. The Morgan fingerprint density at radius 2 is 2.00 bits per heavy atom. The molecule has 0 atom stereocenters. The van der Waals surface area contributed by atoms with Crippen LogP contribution in [0.1, 0.15) is 22.5 Å². The van der Waals surface area contributed by atoms with Crippen molar-refractivity contribution in [1.29, 1.82) is 5.26 Å². The van der Waals surface area contributed by atoms with Gasteiger partial charge in [-0.15, -0.1) is 0 Å². The number of benzene rings is 1. The van der Waals surface area contributed by atoms with Gasteiger partial charge in [0, 0.05) is 17.3 Å². The van der Waals surface area contributed by atoms with Gasteiger partial charge in [0.15, 0.2) is 5.78 Å². The maximum Gasteiger partial charge on any atom is 0.311 e. The molecule has 1 N–H and O–H groups in total. The van der Waals surface area contributed by atoms with Crippen molar-refractivity contribution in [2.45, 2.75) is 6.42 Å². The van der Waals surface area contributed by atoms with E-state index in [1.54, 1.807) is 42.6 Å². The topological polar surface area (TPSA) is 91.0 Å². The summed E-state index contributed by atoms with van der Waals surface area (Å²) in [7, 11) is 0. The van der Waals surface area contributed by atoms with Crippen LogP contribution in [0.4, 0.5) is 0 Å². The molecule has 0 fully saturated rings. The first kappa shape index (κ1) is 13.4. The molecular formula is C15H10N2O3. The number of aliphatic carboxylic acids is 1. The second-order valence-electron chi connectivity index (χ2n) is 4.12. The van der Waals surface area contributed by atoms with E-state index in [0.29, 0.717) is 11.3 Å². The van der Waals surface area contributed by atoms with Gasteiger partial charge in [-0.25, -0.2) is 4.98 Å². The number of nitriles is 1. The lowest BCUT2D eigenvalue weighted by Gasteiger charge is -2.04. The molecule has 1 aromatic carbocycles. The molecule has 0 aliphatic heterocycles. The lowest BCUT2D eigenvalue weighted by atomic mass is 10.0. The van der Waals surface area contributed by atoms with Gasteiger partial charge in [-0.3, -0.25) is 9.59 Å². The summed E-state index contributed by atoms with van der Waals surface area (Å²) in [6, 6.07) is 11.9. The Balaban J connectivity index is 2.31. The van der Waals surface area contributed by atoms with E-state index in [4.69, 9.17) is 10.4 Å². The largest absolute Gasteiger partial charge is 0.481 e. The number of carboxylic acids is 1. The average Bonchev–Trinajstić information content (AvgIpc) is 2.47. The predicted molar refractivity (Wildman–Crippen MR) is 71.0 cm³/mol. The normalized spacial score (nSPS) is 9.75. The first-order chi connectivity index (χ1) is 9.60. The van der Waals surface area contributed by atoms with Gasteiger partial charge in [-0.05, 0) is 23.8 Å². The number of nitrogens with zero attached hydrogens (tertiary/aromatic N) is 2. The van der Waals surface area contributed by atoms with Crippen molar-refractivity contribution in [3.8, 4) is 17.2 Å². The molecule has 0 aliphatic carbocycles. The van der Waals surface area contributed by atoms with Crippen molar-refractivity contribution in [2.75, 3.05) is 0 Å². The summed E-state index contributed by atoms with van der Waals surface area (Å²) in [6.07, 6.45) is 1.01. The third kappa shape index (κ3) is 3.06. The second-order valence-corrected chi connectivity index (χ2v) is 4.12. The molecule has 0 saturated heterocycles. The number of aromatic nitrogens is 1. The molecule has 5 heteroatoms. The Hall–Kier alpha value is -3.00. The van der Waals surface area contributed by atoms with E-state index in [0.717, 1.165) is 11.1 Å². The number of carboxylic acid groups (broad SMARTS) is 1. The Morgan fingerprint density at radius 3 is 2.60 bits per heavy atom. The van der Waals surface area contributed by atoms with E-state index in [1.165, 1.54) is 0 Å². The van der Waals surface area contributed by atoms with Crippen LogP contribution in [0.15, 0.2) is 42.6 Å². The molecule has 20 heavy (non-hydrogen) atoms. The molecule has 0 saturated carbocycles. The summed E-state index contributed by atoms with van der Waals surface area (Å²) in [4.78, 5) is 26.2. The zero-order valence-corrected chi connectivity index (χ0v) is 10.4. The minimum absolute atomic E-state index is 0.312. The van der Waals surface area contributed by atoms with Crippen molar-refractivity contribution in [1.82, 2.24) is 4.98 Å². The summed E-state index contributed by atoms with van der Waals surface area (Å²) in [6.45, 7) is 0. The van der Waals surface area contributed by atoms with Crippen molar-refractivity contribution in [3.05, 3.63) is 53.9 Å². The molecule has 0 spiro atoms. The highest BCUT2D eigenvalue weighted by Gasteiger charge is 2.11. The third-order valence-electron chi connectivity index (χ3n) is 2.71. The van der Waals surface area contributed by atoms with Crippen LogP contribution in [0.2, 0.25) is 0 Å². The van der Waals surface area contributed by atoms with Crippen LogP contribution >= 0.6 is 0 Å². The van der Waals surface area contributed by atoms with Gasteiger partial charge in [0.1, 0.15) is 18.2 Å². The van der Waals surface area contributed by atoms with Gasteiger partial charge in [0.2, 0.25) is 0 Å². The Morgan fingerprint density at radius 1 is 1.20 bits per heavy atom. The van der Waals surface area contributed by atoms with Crippen LogP contribution in [-0.4, -0.2) is 21.8 Å². The van der Waals surface area contributed by atoms with E-state index in [-0.39, 0.29) is 0 Å². The van der Waals surface area contributed by atoms with E-state index in [1.807, 2.05) is 6.07 Å². The van der Waals surface area contributed by atoms with Crippen LogP contribution in [0.5, 0.6) is 0 Å². The van der Waals surface area contributed by atoms with Crippen LogP contribution in [0, 0.1) is 11.3 Å².